The monoisotopic (exact) mass is 580 g/mol. The maximum absolute atomic E-state index is 13.3. The Labute approximate surface area is 247 Å². The van der Waals surface area contributed by atoms with Gasteiger partial charge in [-0.25, -0.2) is 8.93 Å². The van der Waals surface area contributed by atoms with Crippen molar-refractivity contribution in [2.75, 3.05) is 18.0 Å². The highest BCUT2D eigenvalue weighted by atomic mass is 32.2. The number of anilines is 1. The molecular formula is C32H36N8OS. The molecule has 2 fully saturated rings. The van der Waals surface area contributed by atoms with E-state index in [0.29, 0.717) is 5.65 Å². The van der Waals surface area contributed by atoms with Crippen LogP contribution in [-0.4, -0.2) is 51.8 Å². The molecule has 1 aliphatic heterocycles. The van der Waals surface area contributed by atoms with Crippen molar-refractivity contribution in [2.45, 2.75) is 69.1 Å². The first-order chi connectivity index (χ1) is 20.3. The quantitative estimate of drug-likeness (QED) is 0.303. The Kier molecular flexibility index (Phi) is 5.69. The zero-order valence-corrected chi connectivity index (χ0v) is 25.1. The van der Waals surface area contributed by atoms with Crippen LogP contribution in [0.1, 0.15) is 74.9 Å². The van der Waals surface area contributed by atoms with E-state index in [-0.39, 0.29) is 21.6 Å². The lowest BCUT2D eigenvalue weighted by atomic mass is 9.73. The first-order valence-corrected chi connectivity index (χ1v) is 16.1. The maximum Gasteiger partial charge on any atom is 0.214 e. The Morgan fingerprint density at radius 1 is 1.00 bits per heavy atom. The molecule has 2 N–H and O–H groups in total. The lowest BCUT2D eigenvalue weighted by Crippen LogP contribution is -2.48. The summed E-state index contributed by atoms with van der Waals surface area (Å²) in [6, 6.07) is 19.4. The molecule has 1 saturated carbocycles. The summed E-state index contributed by atoms with van der Waals surface area (Å²) in [6.45, 7) is 7.77. The smallest absolute Gasteiger partial charge is 0.214 e. The highest BCUT2D eigenvalue weighted by molar-refractivity contribution is 7.84. The fourth-order valence-electron chi connectivity index (χ4n) is 7.34. The molecule has 5 aromatic rings. The zero-order valence-electron chi connectivity index (χ0n) is 24.3. The van der Waals surface area contributed by atoms with Gasteiger partial charge in [0.2, 0.25) is 5.95 Å². The predicted octanol–water partition coefficient (Wildman–Crippen LogP) is 5.02. The number of nitrogens with one attached hydrogen (secondary N) is 2. The van der Waals surface area contributed by atoms with Crippen LogP contribution in [0.2, 0.25) is 0 Å². The van der Waals surface area contributed by atoms with Crippen molar-refractivity contribution in [1.29, 1.82) is 0 Å². The molecule has 0 radical (unpaired) electrons. The van der Waals surface area contributed by atoms with E-state index >= 15 is 0 Å². The van der Waals surface area contributed by atoms with Crippen LogP contribution in [-0.2, 0) is 22.8 Å². The fraction of sp³-hybridized carbons (Fsp3) is 0.438. The Morgan fingerprint density at radius 2 is 1.74 bits per heavy atom. The number of nitrogens with zero attached hydrogens (tertiary/aromatic N) is 6. The van der Waals surface area contributed by atoms with Gasteiger partial charge in [0.25, 0.3) is 0 Å². The van der Waals surface area contributed by atoms with Crippen LogP contribution in [0, 0.1) is 5.41 Å². The molecule has 10 heteroatoms. The summed E-state index contributed by atoms with van der Waals surface area (Å²) in [7, 11) is -1.16. The van der Waals surface area contributed by atoms with Gasteiger partial charge in [-0.3, -0.25) is 9.50 Å². The molecule has 2 aliphatic carbocycles. The number of H-pyrrole nitrogens is 1. The predicted molar refractivity (Wildman–Crippen MR) is 165 cm³/mol. The maximum atomic E-state index is 13.3. The standard InChI is InChI=1S/C32H36N8OS/c1-30(2,3)42(41)38-25-23-12-8-7-9-21(23)19-31(25)15-17-39(18-16-31)29-34-27-24(28-37-33-20-40(28)29)26(35-36-27)32(13-14-32)22-10-5-4-6-11-22/h4-12,20,25,38H,13-19H2,1-3H3,(H,35,36)/t25-,42-/m1/s1. The van der Waals surface area contributed by atoms with Crippen molar-refractivity contribution in [3.8, 4) is 0 Å². The summed E-state index contributed by atoms with van der Waals surface area (Å²) in [5.74, 6) is 0.832. The third-order valence-corrected chi connectivity index (χ3v) is 11.4. The van der Waals surface area contributed by atoms with E-state index < -0.39 is 11.0 Å². The number of fused-ring (bicyclic) bond motifs is 4. The molecule has 42 heavy (non-hydrogen) atoms. The molecule has 1 saturated heterocycles. The van der Waals surface area contributed by atoms with Gasteiger partial charge in [0.15, 0.2) is 11.3 Å². The van der Waals surface area contributed by atoms with Crippen LogP contribution in [0.15, 0.2) is 60.9 Å². The first kappa shape index (κ1) is 26.0. The average Bonchev–Trinajstić information content (AvgIpc) is 3.31. The van der Waals surface area contributed by atoms with Crippen LogP contribution >= 0.6 is 0 Å². The van der Waals surface area contributed by atoms with Crippen LogP contribution in [0.4, 0.5) is 5.95 Å². The number of hydrogen-bond donors (Lipinski definition) is 2. The number of piperidine rings is 1. The SMILES string of the molecule is CC(C)(C)[S@@](=O)N[C@@H]1c2ccccc2CC12CCN(c1nc3n[nH]c(C4(c5ccccc5)CC4)c3c3nncn13)CC2. The first-order valence-electron chi connectivity index (χ1n) is 14.9. The third kappa shape index (κ3) is 3.87. The van der Waals surface area contributed by atoms with E-state index in [9.17, 15) is 4.21 Å². The number of rotatable bonds is 5. The molecule has 216 valence electrons. The van der Waals surface area contributed by atoms with E-state index in [2.05, 4.69) is 79.5 Å². The molecule has 3 aromatic heterocycles. The minimum atomic E-state index is -1.16. The summed E-state index contributed by atoms with van der Waals surface area (Å²) >= 11 is 0. The van der Waals surface area contributed by atoms with Crippen molar-refractivity contribution in [1.82, 2.24) is 34.5 Å². The molecule has 1 spiro atoms. The number of aromatic amines is 1. The lowest BCUT2D eigenvalue weighted by Gasteiger charge is -2.44. The number of hydrogen-bond acceptors (Lipinski definition) is 6. The van der Waals surface area contributed by atoms with Crippen molar-refractivity contribution < 1.29 is 4.21 Å². The van der Waals surface area contributed by atoms with Crippen molar-refractivity contribution >= 4 is 33.6 Å². The van der Waals surface area contributed by atoms with E-state index in [4.69, 9.17) is 10.1 Å². The third-order valence-electron chi connectivity index (χ3n) is 9.84. The van der Waals surface area contributed by atoms with Gasteiger partial charge in [0.05, 0.1) is 32.9 Å². The highest BCUT2D eigenvalue weighted by Crippen LogP contribution is 2.55. The van der Waals surface area contributed by atoms with Gasteiger partial charge < -0.3 is 4.90 Å². The van der Waals surface area contributed by atoms with Gasteiger partial charge in [-0.2, -0.15) is 10.1 Å². The zero-order chi connectivity index (χ0) is 28.7. The fourth-order valence-corrected chi connectivity index (χ4v) is 8.28. The van der Waals surface area contributed by atoms with Crippen LogP contribution < -0.4 is 9.62 Å². The molecule has 8 rings (SSSR count). The second-order valence-electron chi connectivity index (χ2n) is 13.3. The molecule has 9 nitrogen and oxygen atoms in total. The molecule has 4 heterocycles. The molecule has 0 bridgehead atoms. The van der Waals surface area contributed by atoms with Crippen molar-refractivity contribution in [3.05, 3.63) is 83.3 Å². The van der Waals surface area contributed by atoms with Crippen LogP contribution in [0.25, 0.3) is 16.7 Å². The van der Waals surface area contributed by atoms with Gasteiger partial charge in [-0.1, -0.05) is 54.6 Å². The summed E-state index contributed by atoms with van der Waals surface area (Å²) in [4.78, 5) is 7.46. The summed E-state index contributed by atoms with van der Waals surface area (Å²) in [5.41, 5.74) is 6.47. The highest BCUT2D eigenvalue weighted by Gasteiger charge is 2.50. The lowest BCUT2D eigenvalue weighted by molar-refractivity contribution is 0.177. The van der Waals surface area contributed by atoms with E-state index in [1.165, 1.54) is 16.7 Å². The average molecular weight is 581 g/mol. The van der Waals surface area contributed by atoms with Crippen LogP contribution in [0.3, 0.4) is 0 Å². The Balaban J connectivity index is 1.12. The molecule has 2 atom stereocenters. The Morgan fingerprint density at radius 3 is 2.48 bits per heavy atom. The topological polar surface area (TPSA) is 104 Å². The minimum Gasteiger partial charge on any atom is -0.342 e. The summed E-state index contributed by atoms with van der Waals surface area (Å²) in [6.07, 6.45) is 6.85. The minimum absolute atomic E-state index is 0.00500. The summed E-state index contributed by atoms with van der Waals surface area (Å²) in [5, 5.41) is 17.9. The molecule has 3 aliphatic rings. The van der Waals surface area contributed by atoms with Crippen LogP contribution in [0.5, 0.6) is 0 Å². The van der Waals surface area contributed by atoms with Gasteiger partial charge in [0, 0.05) is 18.5 Å². The Hall–Kier alpha value is -3.63. The molecule has 2 aromatic carbocycles. The molecule has 0 unspecified atom stereocenters. The molecular weight excluding hydrogens is 544 g/mol. The largest absolute Gasteiger partial charge is 0.342 e. The normalized spacial score (nSPS) is 21.7. The van der Waals surface area contributed by atoms with Gasteiger partial charge in [-0.15, -0.1) is 10.2 Å². The number of aromatic nitrogens is 6. The van der Waals surface area contributed by atoms with E-state index in [1.807, 2.05) is 25.2 Å². The molecule has 0 amide bonds. The van der Waals surface area contributed by atoms with E-state index in [1.54, 1.807) is 6.33 Å². The van der Waals surface area contributed by atoms with Gasteiger partial charge in [-0.05, 0) is 75.0 Å². The number of benzene rings is 2. The van der Waals surface area contributed by atoms with Crippen molar-refractivity contribution in [3.63, 3.8) is 0 Å². The second-order valence-corrected chi connectivity index (χ2v) is 15.3. The second kappa shape index (κ2) is 9.18. The van der Waals surface area contributed by atoms with E-state index in [0.717, 1.165) is 67.9 Å². The summed E-state index contributed by atoms with van der Waals surface area (Å²) < 4.78 is 18.6. The van der Waals surface area contributed by atoms with Gasteiger partial charge >= 0.3 is 0 Å². The van der Waals surface area contributed by atoms with Crippen molar-refractivity contribution in [2.24, 2.45) is 5.41 Å². The van der Waals surface area contributed by atoms with Gasteiger partial charge in [0.1, 0.15) is 6.33 Å². The Bertz CT molecular complexity index is 1830.